The number of rotatable bonds is 4. The molecular formula is C15H22BrNO. The minimum atomic E-state index is -0.484. The molecule has 3 heteroatoms. The van der Waals surface area contributed by atoms with Crippen molar-refractivity contribution in [3.05, 3.63) is 40.9 Å². The maximum atomic E-state index is 9.91. The Morgan fingerprint density at radius 3 is 2.50 bits per heavy atom. The molecule has 0 aromatic heterocycles. The molecule has 0 saturated carbocycles. The van der Waals surface area contributed by atoms with Gasteiger partial charge in [-0.3, -0.25) is 0 Å². The van der Waals surface area contributed by atoms with Crippen LogP contribution in [0, 0.1) is 0 Å². The van der Waals surface area contributed by atoms with E-state index in [1.807, 2.05) is 18.2 Å². The largest absolute Gasteiger partial charge is 0.389 e. The van der Waals surface area contributed by atoms with Gasteiger partial charge < -0.3 is 10.0 Å². The summed E-state index contributed by atoms with van der Waals surface area (Å²) in [6.45, 7) is 12.8. The number of halogens is 1. The summed E-state index contributed by atoms with van der Waals surface area (Å²) in [5.74, 6) is 0. The zero-order chi connectivity index (χ0) is 13.9. The smallest absolute Gasteiger partial charge is 0.0782 e. The first-order valence-electron chi connectivity index (χ1n) is 6.13. The summed E-state index contributed by atoms with van der Waals surface area (Å²) in [6, 6.07) is 5.98. The van der Waals surface area contributed by atoms with E-state index in [1.165, 1.54) is 0 Å². The molecule has 1 aromatic rings. The molecule has 0 aliphatic carbocycles. The van der Waals surface area contributed by atoms with Crippen molar-refractivity contribution in [3.8, 4) is 0 Å². The molecule has 0 spiro atoms. The van der Waals surface area contributed by atoms with Gasteiger partial charge in [-0.05, 0) is 39.8 Å². The summed E-state index contributed by atoms with van der Waals surface area (Å²) in [7, 11) is 0. The number of hydrogen-bond donors (Lipinski definition) is 1. The van der Waals surface area contributed by atoms with Crippen molar-refractivity contribution in [1.82, 2.24) is 0 Å². The third-order valence-electron chi connectivity index (χ3n) is 2.85. The van der Waals surface area contributed by atoms with Gasteiger partial charge in [-0.25, -0.2) is 0 Å². The Morgan fingerprint density at radius 1 is 1.44 bits per heavy atom. The molecule has 0 amide bonds. The lowest BCUT2D eigenvalue weighted by Crippen LogP contribution is -2.42. The number of anilines is 1. The van der Waals surface area contributed by atoms with Crippen molar-refractivity contribution in [2.75, 3.05) is 11.4 Å². The second kappa shape index (κ2) is 5.89. The highest BCUT2D eigenvalue weighted by atomic mass is 79.9. The fourth-order valence-corrected chi connectivity index (χ4v) is 2.32. The van der Waals surface area contributed by atoms with Crippen molar-refractivity contribution >= 4 is 21.6 Å². The van der Waals surface area contributed by atoms with Crippen LogP contribution in [0.2, 0.25) is 0 Å². The first-order chi connectivity index (χ1) is 8.27. The quantitative estimate of drug-likeness (QED) is 0.838. The zero-order valence-electron chi connectivity index (χ0n) is 11.6. The highest BCUT2D eigenvalue weighted by Crippen LogP contribution is 2.33. The standard InChI is InChI=1S/C15H22BrNO/c1-6-9-17(15(3,4)5)14-10-12(16)7-8-13(14)11(2)18/h6-8,10-11,18H,1,9H2,2-5H3. The lowest BCUT2D eigenvalue weighted by Gasteiger charge is -2.38. The molecule has 0 aliphatic rings. The highest BCUT2D eigenvalue weighted by Gasteiger charge is 2.24. The van der Waals surface area contributed by atoms with Crippen LogP contribution >= 0.6 is 15.9 Å². The van der Waals surface area contributed by atoms with Crippen LogP contribution in [-0.4, -0.2) is 17.2 Å². The van der Waals surface area contributed by atoms with Gasteiger partial charge >= 0.3 is 0 Å². The molecule has 0 fully saturated rings. The number of nitrogens with zero attached hydrogens (tertiary/aromatic N) is 1. The van der Waals surface area contributed by atoms with Crippen LogP contribution in [-0.2, 0) is 0 Å². The first-order valence-corrected chi connectivity index (χ1v) is 6.92. The number of aliphatic hydroxyl groups excluding tert-OH is 1. The number of aliphatic hydroxyl groups is 1. The molecule has 1 rings (SSSR count). The normalized spacial score (nSPS) is 13.2. The fourth-order valence-electron chi connectivity index (χ4n) is 1.97. The molecule has 0 saturated heterocycles. The molecule has 1 N–H and O–H groups in total. The van der Waals surface area contributed by atoms with Gasteiger partial charge in [-0.2, -0.15) is 0 Å². The zero-order valence-corrected chi connectivity index (χ0v) is 13.2. The summed E-state index contributed by atoms with van der Waals surface area (Å²) in [6.07, 6.45) is 1.40. The molecule has 100 valence electrons. The molecule has 18 heavy (non-hydrogen) atoms. The van der Waals surface area contributed by atoms with Gasteiger partial charge in [0.2, 0.25) is 0 Å². The summed E-state index contributed by atoms with van der Waals surface area (Å²) in [5, 5.41) is 9.91. The van der Waals surface area contributed by atoms with Crippen LogP contribution in [0.3, 0.4) is 0 Å². The van der Waals surface area contributed by atoms with E-state index in [9.17, 15) is 5.11 Å². The van der Waals surface area contributed by atoms with Crippen LogP contribution in [0.4, 0.5) is 5.69 Å². The highest BCUT2D eigenvalue weighted by molar-refractivity contribution is 9.10. The van der Waals surface area contributed by atoms with Crippen molar-refractivity contribution in [3.63, 3.8) is 0 Å². The van der Waals surface area contributed by atoms with Crippen molar-refractivity contribution in [1.29, 1.82) is 0 Å². The topological polar surface area (TPSA) is 23.5 Å². The maximum Gasteiger partial charge on any atom is 0.0782 e. The Kier molecular flexibility index (Phi) is 5.00. The Hall–Kier alpha value is -0.800. The van der Waals surface area contributed by atoms with Crippen LogP contribution in [0.15, 0.2) is 35.3 Å². The summed E-state index contributed by atoms with van der Waals surface area (Å²) in [4.78, 5) is 2.24. The van der Waals surface area contributed by atoms with Crippen LogP contribution in [0.1, 0.15) is 39.4 Å². The van der Waals surface area contributed by atoms with E-state index in [0.29, 0.717) is 0 Å². The van der Waals surface area contributed by atoms with Crippen LogP contribution in [0.25, 0.3) is 0 Å². The molecule has 0 bridgehead atoms. The average molecular weight is 312 g/mol. The minimum Gasteiger partial charge on any atom is -0.389 e. The van der Waals surface area contributed by atoms with Gasteiger partial charge in [0, 0.05) is 27.8 Å². The van der Waals surface area contributed by atoms with Crippen molar-refractivity contribution in [2.45, 2.75) is 39.3 Å². The van der Waals surface area contributed by atoms with E-state index in [0.717, 1.165) is 22.3 Å². The van der Waals surface area contributed by atoms with Crippen LogP contribution < -0.4 is 4.90 Å². The Balaban J connectivity index is 3.34. The maximum absolute atomic E-state index is 9.91. The molecule has 1 aromatic carbocycles. The average Bonchev–Trinajstić information content (AvgIpc) is 2.23. The number of benzene rings is 1. The minimum absolute atomic E-state index is 0.0291. The second-order valence-electron chi connectivity index (χ2n) is 5.45. The van der Waals surface area contributed by atoms with Crippen LogP contribution in [0.5, 0.6) is 0 Å². The van der Waals surface area contributed by atoms with E-state index in [-0.39, 0.29) is 5.54 Å². The van der Waals surface area contributed by atoms with E-state index in [1.54, 1.807) is 6.92 Å². The first kappa shape index (κ1) is 15.3. The molecule has 0 heterocycles. The van der Waals surface area contributed by atoms with Gasteiger partial charge in [0.1, 0.15) is 0 Å². The monoisotopic (exact) mass is 311 g/mol. The van der Waals surface area contributed by atoms with Gasteiger partial charge in [-0.15, -0.1) is 6.58 Å². The number of hydrogen-bond acceptors (Lipinski definition) is 2. The Morgan fingerprint density at radius 2 is 2.06 bits per heavy atom. The van der Waals surface area contributed by atoms with Gasteiger partial charge in [0.05, 0.1) is 6.10 Å². The molecule has 0 radical (unpaired) electrons. The van der Waals surface area contributed by atoms with E-state index in [4.69, 9.17) is 0 Å². The Labute approximate surface area is 118 Å². The molecule has 0 aliphatic heterocycles. The van der Waals surface area contributed by atoms with E-state index < -0.39 is 6.10 Å². The summed E-state index contributed by atoms with van der Waals surface area (Å²) < 4.78 is 1.01. The predicted molar refractivity (Wildman–Crippen MR) is 82.1 cm³/mol. The van der Waals surface area contributed by atoms with E-state index in [2.05, 4.69) is 54.2 Å². The van der Waals surface area contributed by atoms with Gasteiger partial charge in [0.15, 0.2) is 0 Å². The lowest BCUT2D eigenvalue weighted by atomic mass is 10.0. The molecule has 1 atom stereocenters. The van der Waals surface area contributed by atoms with Gasteiger partial charge in [-0.1, -0.05) is 28.1 Å². The lowest BCUT2D eigenvalue weighted by molar-refractivity contribution is 0.199. The second-order valence-corrected chi connectivity index (χ2v) is 6.36. The Bertz CT molecular complexity index is 421. The molecular weight excluding hydrogens is 290 g/mol. The third-order valence-corrected chi connectivity index (χ3v) is 3.35. The molecule has 1 unspecified atom stereocenters. The predicted octanol–water partition coefficient (Wildman–Crippen LogP) is 4.29. The molecule has 2 nitrogen and oxygen atoms in total. The summed E-state index contributed by atoms with van der Waals surface area (Å²) in [5.41, 5.74) is 1.96. The van der Waals surface area contributed by atoms with Crippen molar-refractivity contribution in [2.24, 2.45) is 0 Å². The third kappa shape index (κ3) is 3.59. The van der Waals surface area contributed by atoms with Crippen molar-refractivity contribution < 1.29 is 5.11 Å². The fraction of sp³-hybridized carbons (Fsp3) is 0.467. The summed E-state index contributed by atoms with van der Waals surface area (Å²) >= 11 is 3.50. The van der Waals surface area contributed by atoms with Gasteiger partial charge in [0.25, 0.3) is 0 Å². The van der Waals surface area contributed by atoms with E-state index >= 15 is 0 Å². The SMILES string of the molecule is C=CCN(c1cc(Br)ccc1C(C)O)C(C)(C)C.